The highest BCUT2D eigenvalue weighted by Gasteiger charge is 2.23. The maximum absolute atomic E-state index is 12.7. The average Bonchev–Trinajstić information content (AvgIpc) is 2.68. The normalized spacial score (nSPS) is 14.5. The van der Waals surface area contributed by atoms with Gasteiger partial charge in [0.1, 0.15) is 5.75 Å². The highest BCUT2D eigenvalue weighted by Crippen LogP contribution is 2.29. The monoisotopic (exact) mass is 353 g/mol. The summed E-state index contributed by atoms with van der Waals surface area (Å²) < 4.78 is 5.45. The van der Waals surface area contributed by atoms with Crippen LogP contribution in [0.15, 0.2) is 48.5 Å². The molecule has 1 fully saturated rings. The number of nitrogens with zero attached hydrogens (tertiary/aromatic N) is 2. The summed E-state index contributed by atoms with van der Waals surface area (Å²) >= 11 is 0. The van der Waals surface area contributed by atoms with E-state index >= 15 is 0 Å². The van der Waals surface area contributed by atoms with Crippen molar-refractivity contribution in [2.45, 2.75) is 19.8 Å². The van der Waals surface area contributed by atoms with Crippen molar-refractivity contribution in [2.75, 3.05) is 43.5 Å². The van der Waals surface area contributed by atoms with Crippen molar-refractivity contribution in [1.29, 1.82) is 0 Å². The molecule has 0 aromatic heterocycles. The van der Waals surface area contributed by atoms with Crippen LogP contribution in [-0.4, -0.2) is 44.2 Å². The van der Waals surface area contributed by atoms with Crippen molar-refractivity contribution < 1.29 is 9.53 Å². The molecular formula is C21H27N3O2. The summed E-state index contributed by atoms with van der Waals surface area (Å²) in [4.78, 5) is 16.8. The fourth-order valence-electron chi connectivity index (χ4n) is 3.35. The number of piperazine rings is 1. The van der Waals surface area contributed by atoms with Crippen molar-refractivity contribution >= 4 is 17.4 Å². The van der Waals surface area contributed by atoms with Crippen LogP contribution in [0.3, 0.4) is 0 Å². The van der Waals surface area contributed by atoms with Gasteiger partial charge in [0.15, 0.2) is 0 Å². The molecule has 2 aromatic rings. The van der Waals surface area contributed by atoms with Crippen LogP contribution in [-0.2, 0) is 0 Å². The molecule has 0 saturated carbocycles. The van der Waals surface area contributed by atoms with Crippen LogP contribution in [0.1, 0.15) is 25.3 Å². The van der Waals surface area contributed by atoms with Crippen LogP contribution < -0.4 is 15.0 Å². The Morgan fingerprint density at radius 1 is 1.00 bits per heavy atom. The van der Waals surface area contributed by atoms with E-state index in [1.54, 1.807) is 7.11 Å². The second kappa shape index (κ2) is 8.13. The number of ether oxygens (including phenoxy) is 1. The number of hydrogen-bond donors (Lipinski definition) is 1. The molecule has 0 bridgehead atoms. The smallest absolute Gasteiger partial charge is 0.321 e. The molecule has 1 saturated heterocycles. The Balaban J connectivity index is 1.62. The van der Waals surface area contributed by atoms with Crippen molar-refractivity contribution in [1.82, 2.24) is 4.90 Å². The van der Waals surface area contributed by atoms with Crippen molar-refractivity contribution in [3.63, 3.8) is 0 Å². The molecule has 0 spiro atoms. The molecule has 1 heterocycles. The lowest BCUT2D eigenvalue weighted by Gasteiger charge is -2.36. The zero-order chi connectivity index (χ0) is 18.5. The third kappa shape index (κ3) is 3.93. The Labute approximate surface area is 155 Å². The summed E-state index contributed by atoms with van der Waals surface area (Å²) in [6, 6.07) is 16.0. The third-order valence-electron chi connectivity index (χ3n) is 4.82. The average molecular weight is 353 g/mol. The number of methoxy groups -OCH3 is 1. The lowest BCUT2D eigenvalue weighted by molar-refractivity contribution is 0.208. The van der Waals surface area contributed by atoms with E-state index in [0.29, 0.717) is 19.0 Å². The Morgan fingerprint density at radius 2 is 1.65 bits per heavy atom. The molecule has 26 heavy (non-hydrogen) atoms. The first-order valence-electron chi connectivity index (χ1n) is 9.13. The van der Waals surface area contributed by atoms with Gasteiger partial charge in [-0.1, -0.05) is 44.2 Å². The maximum Gasteiger partial charge on any atom is 0.321 e. The number of carbonyl (C=O) groups is 1. The topological polar surface area (TPSA) is 44.8 Å². The van der Waals surface area contributed by atoms with Gasteiger partial charge in [0, 0.05) is 31.9 Å². The second-order valence-electron chi connectivity index (χ2n) is 6.82. The van der Waals surface area contributed by atoms with E-state index < -0.39 is 0 Å². The van der Waals surface area contributed by atoms with Gasteiger partial charge in [-0.25, -0.2) is 4.79 Å². The predicted molar refractivity (Wildman–Crippen MR) is 106 cm³/mol. The van der Waals surface area contributed by atoms with Crippen LogP contribution in [0.4, 0.5) is 16.2 Å². The minimum absolute atomic E-state index is 0.0298. The number of anilines is 2. The number of para-hydroxylation sites is 3. The molecule has 5 nitrogen and oxygen atoms in total. The first-order valence-corrected chi connectivity index (χ1v) is 9.13. The Morgan fingerprint density at radius 3 is 2.35 bits per heavy atom. The standard InChI is InChI=1S/C21H27N3O2/c1-16(2)17-8-4-5-9-18(17)22-21(25)24-14-12-23(13-15-24)19-10-6-7-11-20(19)26-3/h4-11,16H,12-15H2,1-3H3,(H,22,25). The molecule has 1 aliphatic rings. The summed E-state index contributed by atoms with van der Waals surface area (Å²) in [5.41, 5.74) is 3.15. The quantitative estimate of drug-likeness (QED) is 0.897. The number of carbonyl (C=O) groups excluding carboxylic acids is 1. The van der Waals surface area contributed by atoms with Gasteiger partial charge in [-0.2, -0.15) is 0 Å². The first kappa shape index (κ1) is 18.1. The van der Waals surface area contributed by atoms with Gasteiger partial charge in [-0.15, -0.1) is 0 Å². The molecule has 3 rings (SSSR count). The number of amides is 2. The van der Waals surface area contributed by atoms with Gasteiger partial charge in [-0.05, 0) is 29.7 Å². The molecule has 1 N–H and O–H groups in total. The van der Waals surface area contributed by atoms with Crippen molar-refractivity contribution in [2.24, 2.45) is 0 Å². The fourth-order valence-corrected chi connectivity index (χ4v) is 3.35. The van der Waals surface area contributed by atoms with E-state index in [1.165, 1.54) is 0 Å². The highest BCUT2D eigenvalue weighted by molar-refractivity contribution is 5.90. The summed E-state index contributed by atoms with van der Waals surface area (Å²) in [5.74, 6) is 1.24. The largest absolute Gasteiger partial charge is 0.495 e. The number of nitrogens with one attached hydrogen (secondary N) is 1. The molecule has 0 aliphatic carbocycles. The van der Waals surface area contributed by atoms with E-state index in [9.17, 15) is 4.79 Å². The number of rotatable bonds is 4. The fraction of sp³-hybridized carbons (Fsp3) is 0.381. The SMILES string of the molecule is COc1ccccc1N1CCN(C(=O)Nc2ccccc2C(C)C)CC1. The molecule has 2 aromatic carbocycles. The molecule has 0 radical (unpaired) electrons. The van der Waals surface area contributed by atoms with Crippen LogP contribution in [0.5, 0.6) is 5.75 Å². The third-order valence-corrected chi connectivity index (χ3v) is 4.82. The van der Waals surface area contributed by atoms with Gasteiger partial charge < -0.3 is 19.9 Å². The van der Waals surface area contributed by atoms with Crippen LogP contribution >= 0.6 is 0 Å². The highest BCUT2D eigenvalue weighted by atomic mass is 16.5. The van der Waals surface area contributed by atoms with Crippen molar-refractivity contribution in [3.05, 3.63) is 54.1 Å². The summed E-state index contributed by atoms with van der Waals surface area (Å²) in [6.07, 6.45) is 0. The molecule has 0 unspecified atom stereocenters. The van der Waals surface area contributed by atoms with Gasteiger partial charge in [0.25, 0.3) is 0 Å². The summed E-state index contributed by atoms with van der Waals surface area (Å²) in [6.45, 7) is 7.23. The molecular weight excluding hydrogens is 326 g/mol. The second-order valence-corrected chi connectivity index (χ2v) is 6.82. The van der Waals surface area contributed by atoms with E-state index in [1.807, 2.05) is 41.3 Å². The number of benzene rings is 2. The van der Waals surface area contributed by atoms with Gasteiger partial charge in [0.05, 0.1) is 12.8 Å². The van der Waals surface area contributed by atoms with E-state index in [-0.39, 0.29) is 6.03 Å². The van der Waals surface area contributed by atoms with E-state index in [0.717, 1.165) is 35.8 Å². The minimum atomic E-state index is -0.0298. The zero-order valence-electron chi connectivity index (χ0n) is 15.7. The zero-order valence-corrected chi connectivity index (χ0v) is 15.7. The van der Waals surface area contributed by atoms with Crippen LogP contribution in [0.25, 0.3) is 0 Å². The number of hydrogen-bond acceptors (Lipinski definition) is 3. The van der Waals surface area contributed by atoms with Gasteiger partial charge in [0.2, 0.25) is 0 Å². The molecule has 2 amide bonds. The lowest BCUT2D eigenvalue weighted by atomic mass is 10.0. The molecule has 5 heteroatoms. The number of urea groups is 1. The first-order chi connectivity index (χ1) is 12.6. The lowest BCUT2D eigenvalue weighted by Crippen LogP contribution is -2.50. The van der Waals surface area contributed by atoms with E-state index in [4.69, 9.17) is 4.74 Å². The predicted octanol–water partition coefficient (Wildman–Crippen LogP) is 4.17. The van der Waals surface area contributed by atoms with Gasteiger partial charge >= 0.3 is 6.03 Å². The molecule has 0 atom stereocenters. The Hall–Kier alpha value is -2.69. The summed E-state index contributed by atoms with van der Waals surface area (Å²) in [7, 11) is 1.69. The Kier molecular flexibility index (Phi) is 5.66. The van der Waals surface area contributed by atoms with Crippen molar-refractivity contribution in [3.8, 4) is 5.75 Å². The van der Waals surface area contributed by atoms with Gasteiger partial charge in [-0.3, -0.25) is 0 Å². The molecule has 1 aliphatic heterocycles. The van der Waals surface area contributed by atoms with Crippen LogP contribution in [0.2, 0.25) is 0 Å². The summed E-state index contributed by atoms with van der Waals surface area (Å²) in [5, 5.41) is 3.08. The minimum Gasteiger partial charge on any atom is -0.495 e. The van der Waals surface area contributed by atoms with Crippen LogP contribution in [0, 0.1) is 0 Å². The Bertz CT molecular complexity index is 752. The maximum atomic E-state index is 12.7. The van der Waals surface area contributed by atoms with E-state index in [2.05, 4.69) is 36.2 Å². The molecule has 138 valence electrons.